The molecule has 1 aromatic rings. The van der Waals surface area contributed by atoms with Crippen molar-refractivity contribution in [2.75, 3.05) is 32.8 Å². The standard InChI is InChI=1S/C56H86N14O10S6/c1-27(2)40-51(79)58-29(5)46(74)63-38(24-36-18-16-15-17-19-36)49(77)68-43(44(72)39-25-69(12)26-70(39)13)50(78)57-21-23-86-35(11)42(52(80)65-40)67-47(75)31(7)60-54(82)33(9)62-53(81)32(8)59-45(73)30(6)61-55(83)37(20-22-85-14)64-56(84)41(28(3)4)66-48(76)34(10)71/h15-19,21,23,25,27-33,35,37-38,40-44,72H,20,22,24,26H2,1-14H3,(H,57,78)(H,58,79)(H,59,73)(H,60,82)(H,61,83)(H,62,81)(H,63,74)(H,64,84)(H,65,80)(H,66,76)(H,67,75)(H,68,77)/b23-21+/t29?,30-,31?,32?,33?,35?,37?,38-,40?,41?,42?,43?,44?/m0/s1. The third-order valence-corrected chi connectivity index (χ3v) is 17.1. The molecule has 2 aliphatic heterocycles. The predicted molar refractivity (Wildman–Crippen MR) is 352 cm³/mol. The largest absolute Gasteiger partial charge is 0.384 e. The number of aliphatic hydroxyl groups excluding tert-OH is 1. The minimum Gasteiger partial charge on any atom is -0.384 e. The van der Waals surface area contributed by atoms with Crippen molar-refractivity contribution in [1.29, 1.82) is 0 Å². The van der Waals surface area contributed by atoms with Gasteiger partial charge >= 0.3 is 0 Å². The van der Waals surface area contributed by atoms with Crippen molar-refractivity contribution >= 4 is 145 Å². The van der Waals surface area contributed by atoms with Crippen LogP contribution in [0.3, 0.4) is 0 Å². The minimum atomic E-state index is -1.58. The number of Topliss-reactive ketones (excluding diaryl/α,β-unsaturated/α-hetero) is 1. The van der Waals surface area contributed by atoms with Crippen LogP contribution < -0.4 is 63.8 Å². The van der Waals surface area contributed by atoms with E-state index in [4.69, 9.17) is 48.9 Å². The van der Waals surface area contributed by atoms with E-state index >= 15 is 0 Å². The van der Waals surface area contributed by atoms with E-state index in [0.29, 0.717) is 35.1 Å². The third-order valence-electron chi connectivity index (χ3n) is 13.8. The lowest BCUT2D eigenvalue weighted by molar-refractivity contribution is -0.137. The maximum Gasteiger partial charge on any atom is 0.287 e. The van der Waals surface area contributed by atoms with Gasteiger partial charge in [0.05, 0.1) is 56.5 Å². The summed E-state index contributed by atoms with van der Waals surface area (Å²) >= 11 is 25.4. The quantitative estimate of drug-likeness (QED) is 0.0517. The molecule has 0 fully saturated rings. The molecule has 476 valence electrons. The number of aliphatic hydroxyl groups is 1. The van der Waals surface area contributed by atoms with Crippen LogP contribution >= 0.6 is 72.4 Å². The fourth-order valence-corrected chi connectivity index (χ4v) is 11.1. The average molecular weight is 1310 g/mol. The van der Waals surface area contributed by atoms with Crippen molar-refractivity contribution in [3.63, 3.8) is 0 Å². The van der Waals surface area contributed by atoms with Gasteiger partial charge in [0.1, 0.15) is 48.4 Å². The molecule has 0 saturated carbocycles. The van der Waals surface area contributed by atoms with Crippen LogP contribution in [0.1, 0.15) is 88.1 Å². The molecule has 13 N–H and O–H groups in total. The topological polar surface area (TPSA) is 325 Å². The molecule has 11 unspecified atom stereocenters. The number of carbonyl (C=O) groups is 9. The number of nitrogens with one attached hydrogen (secondary N) is 12. The molecule has 2 aliphatic rings. The first-order valence-corrected chi connectivity index (χ1v) is 32.0. The van der Waals surface area contributed by atoms with Gasteiger partial charge in [0, 0.05) is 45.1 Å². The Morgan fingerprint density at radius 3 is 1.85 bits per heavy atom. The summed E-state index contributed by atoms with van der Waals surface area (Å²) < 4.78 is 0. The van der Waals surface area contributed by atoms with E-state index in [1.807, 2.05) is 20.1 Å². The van der Waals surface area contributed by atoms with E-state index in [2.05, 4.69) is 63.8 Å². The van der Waals surface area contributed by atoms with Gasteiger partial charge in [-0.05, 0) is 75.9 Å². The molecule has 86 heavy (non-hydrogen) atoms. The Labute approximate surface area is 534 Å². The van der Waals surface area contributed by atoms with E-state index in [0.717, 1.165) is 11.8 Å². The second-order valence-electron chi connectivity index (χ2n) is 21.9. The predicted octanol–water partition coefficient (Wildman–Crippen LogP) is 0.278. The van der Waals surface area contributed by atoms with E-state index in [1.54, 1.807) is 114 Å². The molecule has 2 heterocycles. The molecule has 24 nitrogen and oxygen atoms in total. The Bertz CT molecular complexity index is 2710. The van der Waals surface area contributed by atoms with Gasteiger partial charge in [-0.2, -0.15) is 11.8 Å². The highest BCUT2D eigenvalue weighted by molar-refractivity contribution is 8.02. The number of hydrogen-bond acceptors (Lipinski definition) is 18. The number of likely N-dealkylation sites (N-methyl/N-ethyl adjacent to an activating group) is 1. The van der Waals surface area contributed by atoms with Crippen molar-refractivity contribution in [3.05, 3.63) is 59.4 Å². The van der Waals surface area contributed by atoms with Crippen LogP contribution in [0, 0.1) is 11.8 Å². The van der Waals surface area contributed by atoms with Gasteiger partial charge < -0.3 is 78.7 Å². The number of hydrogen-bond donors (Lipinski definition) is 13. The molecule has 8 amide bonds. The smallest absolute Gasteiger partial charge is 0.287 e. The van der Waals surface area contributed by atoms with Crippen LogP contribution in [0.5, 0.6) is 0 Å². The number of thiocarbonyl (C=S) groups is 4. The highest BCUT2D eigenvalue weighted by Crippen LogP contribution is 2.21. The van der Waals surface area contributed by atoms with Crippen molar-refractivity contribution in [1.82, 2.24) is 73.6 Å². The molecular formula is C56H86N14O10S6. The number of thioether (sulfide) groups is 2. The first-order valence-electron chi connectivity index (χ1n) is 28.1. The van der Waals surface area contributed by atoms with Crippen molar-refractivity contribution in [2.45, 2.75) is 167 Å². The van der Waals surface area contributed by atoms with Gasteiger partial charge in [0.25, 0.3) is 5.91 Å². The Hall–Kier alpha value is -6.05. The van der Waals surface area contributed by atoms with Crippen molar-refractivity contribution in [3.8, 4) is 0 Å². The highest BCUT2D eigenvalue weighted by atomic mass is 32.2. The molecular weight excluding hydrogens is 1220 g/mol. The third kappa shape index (κ3) is 23.2. The lowest BCUT2D eigenvalue weighted by Gasteiger charge is -2.30. The molecule has 0 bridgehead atoms. The second-order valence-corrected chi connectivity index (χ2v) is 26.0. The second kappa shape index (κ2) is 35.7. The Balaban J connectivity index is 1.78. The molecule has 30 heteroatoms. The van der Waals surface area contributed by atoms with Crippen LogP contribution in [0.2, 0.25) is 0 Å². The van der Waals surface area contributed by atoms with Gasteiger partial charge in [-0.3, -0.25) is 43.2 Å². The lowest BCUT2D eigenvalue weighted by Crippen LogP contribution is -2.62. The minimum absolute atomic E-state index is 0.0185. The van der Waals surface area contributed by atoms with Crippen molar-refractivity contribution in [2.24, 2.45) is 11.8 Å². The van der Waals surface area contributed by atoms with Gasteiger partial charge in [0.2, 0.25) is 47.1 Å². The fraction of sp³-hybridized carbons (Fsp3) is 0.589. The summed E-state index contributed by atoms with van der Waals surface area (Å²) in [6, 6.07) is -2.23. The molecule has 0 aromatic heterocycles. The number of rotatable bonds is 23. The zero-order valence-electron chi connectivity index (χ0n) is 51.1. The van der Waals surface area contributed by atoms with Gasteiger partial charge in [0.15, 0.2) is 0 Å². The number of carbonyl (C=O) groups excluding carboxylic acids is 9. The molecule has 3 rings (SSSR count). The zero-order chi connectivity index (χ0) is 64.9. The SMILES string of the molecule is CSCCC(NC(=S)C(NC(=O)C(C)=O)C(C)C)C(=S)N[C@@H](C)C(=O)NC(C)C(=S)NC(C)C(=S)NC(C)C(=O)NC1C(=O)NC(C(C)C)C(=O)NC(C)C(=O)N[C@@H](Cc2ccccc2)C(=O)NC(C(O)C2=CN(C)CN2C)C(=O)N/C=C/SC1C. The molecule has 13 atom stereocenters. The molecule has 0 saturated heterocycles. The maximum absolute atomic E-state index is 14.4. The highest BCUT2D eigenvalue weighted by Gasteiger charge is 2.39. The monoisotopic (exact) mass is 1310 g/mol. The normalized spacial score (nSPS) is 22.7. The average Bonchev–Trinajstić information content (AvgIpc) is 3.37. The van der Waals surface area contributed by atoms with E-state index in [1.165, 1.54) is 32.4 Å². The van der Waals surface area contributed by atoms with E-state index in [-0.39, 0.29) is 27.3 Å². The maximum atomic E-state index is 14.4. The molecule has 0 spiro atoms. The van der Waals surface area contributed by atoms with Gasteiger partial charge in [-0.15, -0.1) is 11.8 Å². The summed E-state index contributed by atoms with van der Waals surface area (Å²) in [6.07, 6.45) is 3.80. The summed E-state index contributed by atoms with van der Waals surface area (Å²) in [5.74, 6) is -6.31. The van der Waals surface area contributed by atoms with Gasteiger partial charge in [-0.1, -0.05) is 114 Å². The summed E-state index contributed by atoms with van der Waals surface area (Å²) in [4.78, 5) is 127. The molecule has 1 aromatic carbocycles. The Morgan fingerprint density at radius 1 is 0.698 bits per heavy atom. The number of ketones is 1. The van der Waals surface area contributed by atoms with Crippen LogP contribution in [-0.2, 0) is 49.6 Å². The lowest BCUT2D eigenvalue weighted by atomic mass is 10.0. The summed E-state index contributed by atoms with van der Waals surface area (Å²) in [7, 11) is 3.49. The van der Waals surface area contributed by atoms with Crippen LogP contribution in [0.25, 0.3) is 0 Å². The van der Waals surface area contributed by atoms with E-state index < -0.39 is 137 Å². The van der Waals surface area contributed by atoms with Gasteiger partial charge in [-0.25, -0.2) is 0 Å². The summed E-state index contributed by atoms with van der Waals surface area (Å²) in [5.41, 5.74) is 1.00. The Kier molecular flexibility index (Phi) is 30.8. The number of nitrogens with zero attached hydrogens (tertiary/aromatic N) is 2. The first-order chi connectivity index (χ1) is 40.3. The van der Waals surface area contributed by atoms with Crippen molar-refractivity contribution < 1.29 is 48.3 Å². The number of benzene rings is 1. The molecule has 0 aliphatic carbocycles. The summed E-state index contributed by atoms with van der Waals surface area (Å²) in [5, 5.41) is 46.5. The zero-order valence-corrected chi connectivity index (χ0v) is 56.0. The van der Waals surface area contributed by atoms with E-state index in [9.17, 15) is 48.3 Å². The molecule has 0 radical (unpaired) electrons. The summed E-state index contributed by atoms with van der Waals surface area (Å²) in [6.45, 7) is 18.2. The Morgan fingerprint density at radius 2 is 1.28 bits per heavy atom. The fourth-order valence-electron chi connectivity index (χ4n) is 8.56. The van der Waals surface area contributed by atoms with Crippen LogP contribution in [0.4, 0.5) is 0 Å². The number of amides is 8. The first kappa shape index (κ1) is 74.2. The van der Waals surface area contributed by atoms with Crippen LogP contribution in [-0.4, -0.2) is 198 Å². The van der Waals surface area contributed by atoms with Crippen LogP contribution in [0.15, 0.2) is 53.8 Å².